The molecule has 2 unspecified atom stereocenters. The zero-order valence-electron chi connectivity index (χ0n) is 12.1. The van der Waals surface area contributed by atoms with Gasteiger partial charge in [-0.2, -0.15) is 0 Å². The Bertz CT molecular complexity index is 476. The average molecular weight is 278 g/mol. The van der Waals surface area contributed by atoms with Gasteiger partial charge in [0.2, 0.25) is 0 Å². The van der Waals surface area contributed by atoms with E-state index in [-0.39, 0.29) is 10.6 Å². The number of rotatable bonds is 5. The van der Waals surface area contributed by atoms with Crippen LogP contribution in [0.1, 0.15) is 32.6 Å². The van der Waals surface area contributed by atoms with Gasteiger partial charge in [-0.05, 0) is 30.4 Å². The first kappa shape index (κ1) is 14.6. The molecule has 2 atom stereocenters. The molecule has 1 aliphatic rings. The predicted molar refractivity (Wildman–Crippen MR) is 79.3 cm³/mol. The molecular formula is C15H22N2O3. The molecule has 0 aromatic heterocycles. The molecule has 20 heavy (non-hydrogen) atoms. The van der Waals surface area contributed by atoms with Crippen LogP contribution in [0.3, 0.4) is 0 Å². The summed E-state index contributed by atoms with van der Waals surface area (Å²) in [7, 11) is 1.51. The van der Waals surface area contributed by atoms with E-state index in [9.17, 15) is 10.1 Å². The van der Waals surface area contributed by atoms with Crippen LogP contribution in [0.4, 0.5) is 11.4 Å². The number of nitrogens with zero attached hydrogens (tertiary/aromatic N) is 1. The van der Waals surface area contributed by atoms with E-state index in [1.807, 2.05) is 0 Å². The number of methoxy groups -OCH3 is 1. The first-order chi connectivity index (χ1) is 9.61. The molecular weight excluding hydrogens is 256 g/mol. The number of anilines is 1. The van der Waals surface area contributed by atoms with Crippen molar-refractivity contribution in [1.29, 1.82) is 0 Å². The summed E-state index contributed by atoms with van der Waals surface area (Å²) in [5.74, 6) is 1.80. The van der Waals surface area contributed by atoms with Gasteiger partial charge in [0.05, 0.1) is 18.1 Å². The van der Waals surface area contributed by atoms with E-state index >= 15 is 0 Å². The van der Waals surface area contributed by atoms with Crippen molar-refractivity contribution in [3.63, 3.8) is 0 Å². The zero-order chi connectivity index (χ0) is 14.5. The van der Waals surface area contributed by atoms with Crippen molar-refractivity contribution in [2.24, 2.45) is 11.8 Å². The van der Waals surface area contributed by atoms with Crippen molar-refractivity contribution in [1.82, 2.24) is 0 Å². The summed E-state index contributed by atoms with van der Waals surface area (Å²) in [6.07, 6.45) is 5.04. The molecule has 0 saturated heterocycles. The Kier molecular flexibility index (Phi) is 4.82. The number of hydrogen-bond donors (Lipinski definition) is 1. The molecule has 0 amide bonds. The summed E-state index contributed by atoms with van der Waals surface area (Å²) in [4.78, 5) is 10.7. The van der Waals surface area contributed by atoms with Crippen molar-refractivity contribution in [2.45, 2.75) is 32.6 Å². The third-order valence-corrected chi connectivity index (χ3v) is 4.25. The van der Waals surface area contributed by atoms with E-state index in [4.69, 9.17) is 4.74 Å². The van der Waals surface area contributed by atoms with Gasteiger partial charge in [-0.3, -0.25) is 10.1 Å². The van der Waals surface area contributed by atoms with E-state index in [1.165, 1.54) is 38.9 Å². The van der Waals surface area contributed by atoms with E-state index in [0.717, 1.165) is 6.54 Å². The Hall–Kier alpha value is -1.78. The van der Waals surface area contributed by atoms with E-state index in [1.54, 1.807) is 12.1 Å². The maximum atomic E-state index is 11.1. The van der Waals surface area contributed by atoms with Crippen LogP contribution in [-0.4, -0.2) is 18.6 Å². The van der Waals surface area contributed by atoms with E-state index < -0.39 is 0 Å². The van der Waals surface area contributed by atoms with Crippen molar-refractivity contribution in [3.8, 4) is 5.75 Å². The lowest BCUT2D eigenvalue weighted by molar-refractivity contribution is -0.384. The minimum atomic E-state index is -0.366. The van der Waals surface area contributed by atoms with Crippen molar-refractivity contribution in [3.05, 3.63) is 28.3 Å². The van der Waals surface area contributed by atoms with Gasteiger partial charge in [-0.1, -0.05) is 26.2 Å². The first-order valence-corrected chi connectivity index (χ1v) is 7.18. The Balaban J connectivity index is 2.06. The fourth-order valence-electron chi connectivity index (χ4n) is 2.88. The van der Waals surface area contributed by atoms with Crippen LogP contribution in [-0.2, 0) is 0 Å². The van der Waals surface area contributed by atoms with Crippen molar-refractivity contribution in [2.75, 3.05) is 19.0 Å². The molecule has 0 heterocycles. The highest BCUT2D eigenvalue weighted by atomic mass is 16.6. The van der Waals surface area contributed by atoms with Crippen LogP contribution in [0.5, 0.6) is 5.75 Å². The van der Waals surface area contributed by atoms with Crippen LogP contribution in [0.15, 0.2) is 18.2 Å². The second-order valence-electron chi connectivity index (χ2n) is 5.54. The van der Waals surface area contributed by atoms with Crippen LogP contribution < -0.4 is 10.1 Å². The SMILES string of the molecule is COc1ccc(NCC2CCCCC2C)c([N+](=O)[O-])c1. The maximum absolute atomic E-state index is 11.1. The van der Waals surface area contributed by atoms with Gasteiger partial charge in [-0.15, -0.1) is 0 Å². The van der Waals surface area contributed by atoms with Gasteiger partial charge in [0.15, 0.2) is 0 Å². The lowest BCUT2D eigenvalue weighted by Crippen LogP contribution is -2.24. The Labute approximate surface area is 119 Å². The number of ether oxygens (including phenoxy) is 1. The predicted octanol–water partition coefficient (Wildman–Crippen LogP) is 3.84. The highest BCUT2D eigenvalue weighted by molar-refractivity contribution is 5.63. The number of nitro benzene ring substituents is 1. The molecule has 1 aliphatic carbocycles. The van der Waals surface area contributed by atoms with Crippen molar-refractivity contribution >= 4 is 11.4 Å². The van der Waals surface area contributed by atoms with Crippen LogP contribution in [0, 0.1) is 22.0 Å². The number of nitro groups is 1. The second-order valence-corrected chi connectivity index (χ2v) is 5.54. The fraction of sp³-hybridized carbons (Fsp3) is 0.600. The monoisotopic (exact) mass is 278 g/mol. The molecule has 1 N–H and O–H groups in total. The van der Waals surface area contributed by atoms with Gasteiger partial charge in [0.1, 0.15) is 11.4 Å². The number of benzene rings is 1. The second kappa shape index (κ2) is 6.59. The van der Waals surface area contributed by atoms with E-state index in [0.29, 0.717) is 23.3 Å². The third kappa shape index (κ3) is 3.40. The highest BCUT2D eigenvalue weighted by Crippen LogP contribution is 2.32. The average Bonchev–Trinajstić information content (AvgIpc) is 2.46. The normalized spacial score (nSPS) is 22.3. The number of nitrogens with one attached hydrogen (secondary N) is 1. The summed E-state index contributed by atoms with van der Waals surface area (Å²) in [6, 6.07) is 4.94. The summed E-state index contributed by atoms with van der Waals surface area (Å²) >= 11 is 0. The summed E-state index contributed by atoms with van der Waals surface area (Å²) in [5, 5.41) is 14.4. The fourth-order valence-corrected chi connectivity index (χ4v) is 2.88. The van der Waals surface area contributed by atoms with Crippen LogP contribution >= 0.6 is 0 Å². The smallest absolute Gasteiger partial charge is 0.296 e. The molecule has 0 bridgehead atoms. The minimum absolute atomic E-state index is 0.0767. The zero-order valence-corrected chi connectivity index (χ0v) is 12.1. The van der Waals surface area contributed by atoms with Gasteiger partial charge in [0.25, 0.3) is 5.69 Å². The van der Waals surface area contributed by atoms with Gasteiger partial charge in [0, 0.05) is 6.54 Å². The standard InChI is InChI=1S/C15H22N2O3/c1-11-5-3-4-6-12(11)10-16-14-8-7-13(20-2)9-15(14)17(18)19/h7-9,11-12,16H,3-6,10H2,1-2H3. The third-order valence-electron chi connectivity index (χ3n) is 4.25. The summed E-state index contributed by atoms with van der Waals surface area (Å²) < 4.78 is 5.04. The maximum Gasteiger partial charge on any atom is 0.296 e. The molecule has 0 radical (unpaired) electrons. The first-order valence-electron chi connectivity index (χ1n) is 7.18. The molecule has 1 saturated carbocycles. The molecule has 0 aliphatic heterocycles. The molecule has 5 heteroatoms. The Morgan fingerprint density at radius 1 is 1.40 bits per heavy atom. The summed E-state index contributed by atoms with van der Waals surface area (Å²) in [6.45, 7) is 3.07. The van der Waals surface area contributed by atoms with Gasteiger partial charge >= 0.3 is 0 Å². The molecule has 2 rings (SSSR count). The topological polar surface area (TPSA) is 64.4 Å². The minimum Gasteiger partial charge on any atom is -0.496 e. The van der Waals surface area contributed by atoms with Crippen LogP contribution in [0.25, 0.3) is 0 Å². The highest BCUT2D eigenvalue weighted by Gasteiger charge is 2.22. The Morgan fingerprint density at radius 2 is 2.15 bits per heavy atom. The molecule has 5 nitrogen and oxygen atoms in total. The quantitative estimate of drug-likeness (QED) is 0.656. The molecule has 0 spiro atoms. The van der Waals surface area contributed by atoms with E-state index in [2.05, 4.69) is 12.2 Å². The lowest BCUT2D eigenvalue weighted by Gasteiger charge is -2.29. The molecule has 110 valence electrons. The number of hydrogen-bond acceptors (Lipinski definition) is 4. The van der Waals surface area contributed by atoms with Crippen LogP contribution in [0.2, 0.25) is 0 Å². The van der Waals surface area contributed by atoms with Gasteiger partial charge < -0.3 is 10.1 Å². The largest absolute Gasteiger partial charge is 0.496 e. The molecule has 1 fully saturated rings. The summed E-state index contributed by atoms with van der Waals surface area (Å²) in [5.41, 5.74) is 0.654. The Morgan fingerprint density at radius 3 is 2.80 bits per heavy atom. The lowest BCUT2D eigenvalue weighted by atomic mass is 9.80. The molecule has 1 aromatic rings. The van der Waals surface area contributed by atoms with Gasteiger partial charge in [-0.25, -0.2) is 0 Å². The molecule has 1 aromatic carbocycles. The van der Waals surface area contributed by atoms with Crippen molar-refractivity contribution < 1.29 is 9.66 Å².